The number of nitrogens with one attached hydrogen (secondary N) is 1. The number of rotatable bonds is 4. The van der Waals surface area contributed by atoms with Crippen LogP contribution in [0.4, 0.5) is 10.1 Å². The summed E-state index contributed by atoms with van der Waals surface area (Å²) < 4.78 is 14.7. The molecule has 0 spiro atoms. The van der Waals surface area contributed by atoms with Crippen molar-refractivity contribution in [1.29, 1.82) is 0 Å². The number of nitrogens with two attached hydrogens (primary N) is 1. The number of hydrogen-bond acceptors (Lipinski definition) is 2. The SMILES string of the molecule is NC(=O)c1ccc(F)c(CNc2ccccc2I)c1. The van der Waals surface area contributed by atoms with E-state index in [2.05, 4.69) is 27.9 Å². The molecule has 0 heterocycles. The van der Waals surface area contributed by atoms with E-state index in [0.717, 1.165) is 9.26 Å². The van der Waals surface area contributed by atoms with Gasteiger partial charge in [-0.15, -0.1) is 0 Å². The molecular weight excluding hydrogens is 358 g/mol. The van der Waals surface area contributed by atoms with E-state index in [9.17, 15) is 9.18 Å². The molecule has 0 fully saturated rings. The van der Waals surface area contributed by atoms with Crippen LogP contribution in [0.2, 0.25) is 0 Å². The minimum Gasteiger partial charge on any atom is -0.380 e. The maximum absolute atomic E-state index is 13.6. The highest BCUT2D eigenvalue weighted by Gasteiger charge is 2.07. The zero-order valence-corrected chi connectivity index (χ0v) is 12.1. The van der Waals surface area contributed by atoms with Crippen molar-refractivity contribution in [3.05, 3.63) is 63.0 Å². The molecule has 98 valence electrons. The van der Waals surface area contributed by atoms with Gasteiger partial charge in [0, 0.05) is 26.9 Å². The smallest absolute Gasteiger partial charge is 0.248 e. The quantitative estimate of drug-likeness (QED) is 0.813. The van der Waals surface area contributed by atoms with E-state index < -0.39 is 5.91 Å². The maximum Gasteiger partial charge on any atom is 0.248 e. The standard InChI is InChI=1S/C14H12FIN2O/c15-11-6-5-9(14(17)19)7-10(11)8-18-13-4-2-1-3-12(13)16/h1-7,18H,8H2,(H2,17,19). The summed E-state index contributed by atoms with van der Waals surface area (Å²) in [6.45, 7) is 0.299. The summed E-state index contributed by atoms with van der Waals surface area (Å²) >= 11 is 2.20. The van der Waals surface area contributed by atoms with Gasteiger partial charge in [-0.3, -0.25) is 4.79 Å². The molecule has 2 aromatic carbocycles. The number of anilines is 1. The van der Waals surface area contributed by atoms with Crippen LogP contribution < -0.4 is 11.1 Å². The lowest BCUT2D eigenvalue weighted by molar-refractivity contribution is 0.1000. The first kappa shape index (κ1) is 13.8. The van der Waals surface area contributed by atoms with Crippen LogP contribution in [0.3, 0.4) is 0 Å². The van der Waals surface area contributed by atoms with Crippen molar-refractivity contribution in [1.82, 2.24) is 0 Å². The second-order valence-electron chi connectivity index (χ2n) is 4.00. The molecule has 0 radical (unpaired) electrons. The Kier molecular flexibility index (Phi) is 4.36. The van der Waals surface area contributed by atoms with Gasteiger partial charge in [0.05, 0.1) is 0 Å². The Balaban J connectivity index is 2.17. The molecule has 0 unspecified atom stereocenters. The number of benzene rings is 2. The lowest BCUT2D eigenvalue weighted by Gasteiger charge is -2.10. The fourth-order valence-corrected chi connectivity index (χ4v) is 2.24. The minimum atomic E-state index is -0.560. The van der Waals surface area contributed by atoms with E-state index in [0.29, 0.717) is 17.7 Å². The molecule has 0 aliphatic rings. The van der Waals surface area contributed by atoms with Gasteiger partial charge in [-0.2, -0.15) is 0 Å². The Morgan fingerprint density at radius 1 is 1.26 bits per heavy atom. The van der Waals surface area contributed by atoms with Crippen molar-refractivity contribution in [2.24, 2.45) is 5.73 Å². The van der Waals surface area contributed by atoms with Crippen LogP contribution in [0.5, 0.6) is 0 Å². The molecule has 0 saturated heterocycles. The zero-order chi connectivity index (χ0) is 13.8. The van der Waals surface area contributed by atoms with Crippen molar-refractivity contribution in [2.45, 2.75) is 6.54 Å². The summed E-state index contributed by atoms with van der Waals surface area (Å²) in [6.07, 6.45) is 0. The van der Waals surface area contributed by atoms with Gasteiger partial charge in [-0.05, 0) is 52.9 Å². The predicted molar refractivity (Wildman–Crippen MR) is 81.4 cm³/mol. The normalized spacial score (nSPS) is 10.2. The number of carbonyl (C=O) groups excluding carboxylic acids is 1. The number of halogens is 2. The van der Waals surface area contributed by atoms with Gasteiger partial charge in [0.25, 0.3) is 0 Å². The highest BCUT2D eigenvalue weighted by atomic mass is 127. The molecule has 0 aliphatic carbocycles. The molecule has 0 bridgehead atoms. The van der Waals surface area contributed by atoms with Crippen LogP contribution in [-0.4, -0.2) is 5.91 Å². The van der Waals surface area contributed by atoms with E-state index in [4.69, 9.17) is 5.73 Å². The molecule has 0 aromatic heterocycles. The number of amides is 1. The summed E-state index contributed by atoms with van der Waals surface area (Å²) in [6, 6.07) is 11.8. The molecule has 2 aromatic rings. The molecular formula is C14H12FIN2O. The lowest BCUT2D eigenvalue weighted by Crippen LogP contribution is -2.12. The van der Waals surface area contributed by atoms with Crippen LogP contribution in [0.25, 0.3) is 0 Å². The third-order valence-corrected chi connectivity index (χ3v) is 3.61. The molecule has 3 nitrogen and oxygen atoms in total. The largest absolute Gasteiger partial charge is 0.380 e. The molecule has 3 N–H and O–H groups in total. The van der Waals surface area contributed by atoms with Crippen molar-refractivity contribution >= 4 is 34.2 Å². The van der Waals surface area contributed by atoms with E-state index in [1.165, 1.54) is 18.2 Å². The third-order valence-electron chi connectivity index (χ3n) is 2.67. The predicted octanol–water partition coefficient (Wildman–Crippen LogP) is 3.14. The van der Waals surface area contributed by atoms with E-state index >= 15 is 0 Å². The van der Waals surface area contributed by atoms with Crippen LogP contribution in [0, 0.1) is 9.39 Å². The molecule has 0 aliphatic heterocycles. The maximum atomic E-state index is 13.6. The lowest BCUT2D eigenvalue weighted by atomic mass is 10.1. The van der Waals surface area contributed by atoms with Gasteiger partial charge in [0.1, 0.15) is 5.82 Å². The van der Waals surface area contributed by atoms with Crippen molar-refractivity contribution in [3.63, 3.8) is 0 Å². The average Bonchev–Trinajstić information content (AvgIpc) is 2.39. The Hall–Kier alpha value is -1.63. The van der Waals surface area contributed by atoms with Gasteiger partial charge < -0.3 is 11.1 Å². The molecule has 0 saturated carbocycles. The van der Waals surface area contributed by atoms with E-state index in [1.807, 2.05) is 24.3 Å². The van der Waals surface area contributed by atoms with Gasteiger partial charge in [-0.1, -0.05) is 12.1 Å². The van der Waals surface area contributed by atoms with Gasteiger partial charge in [0.2, 0.25) is 5.91 Å². The van der Waals surface area contributed by atoms with Gasteiger partial charge >= 0.3 is 0 Å². The highest BCUT2D eigenvalue weighted by Crippen LogP contribution is 2.19. The van der Waals surface area contributed by atoms with Crippen LogP contribution in [0.1, 0.15) is 15.9 Å². The number of carbonyl (C=O) groups is 1. The molecule has 5 heteroatoms. The average molecular weight is 370 g/mol. The van der Waals surface area contributed by atoms with Crippen LogP contribution >= 0.6 is 22.6 Å². The Morgan fingerprint density at radius 3 is 2.68 bits per heavy atom. The van der Waals surface area contributed by atoms with Gasteiger partial charge in [-0.25, -0.2) is 4.39 Å². The summed E-state index contributed by atoms with van der Waals surface area (Å²) in [5.74, 6) is -0.918. The second kappa shape index (κ2) is 6.01. The molecule has 0 atom stereocenters. The fourth-order valence-electron chi connectivity index (χ4n) is 1.66. The number of para-hydroxylation sites is 1. The monoisotopic (exact) mass is 370 g/mol. The highest BCUT2D eigenvalue weighted by molar-refractivity contribution is 14.1. The van der Waals surface area contributed by atoms with Crippen LogP contribution in [0.15, 0.2) is 42.5 Å². The fraction of sp³-hybridized carbons (Fsp3) is 0.0714. The Bertz CT molecular complexity index is 616. The second-order valence-corrected chi connectivity index (χ2v) is 5.17. The Morgan fingerprint density at radius 2 is 2.00 bits per heavy atom. The summed E-state index contributed by atoms with van der Waals surface area (Å²) in [7, 11) is 0. The van der Waals surface area contributed by atoms with Gasteiger partial charge in [0.15, 0.2) is 0 Å². The molecule has 2 rings (SSSR count). The number of hydrogen-bond donors (Lipinski definition) is 2. The van der Waals surface area contributed by atoms with Crippen LogP contribution in [-0.2, 0) is 6.54 Å². The minimum absolute atomic E-state index is 0.299. The summed E-state index contributed by atoms with van der Waals surface area (Å²) in [5, 5.41) is 3.14. The summed E-state index contributed by atoms with van der Waals surface area (Å²) in [5.41, 5.74) is 6.82. The molecule has 1 amide bonds. The first-order valence-electron chi connectivity index (χ1n) is 5.64. The third kappa shape index (κ3) is 3.44. The first-order chi connectivity index (χ1) is 9.08. The van der Waals surface area contributed by atoms with Crippen molar-refractivity contribution < 1.29 is 9.18 Å². The molecule has 19 heavy (non-hydrogen) atoms. The van der Waals surface area contributed by atoms with Crippen molar-refractivity contribution in [2.75, 3.05) is 5.32 Å². The van der Waals surface area contributed by atoms with E-state index in [-0.39, 0.29) is 5.82 Å². The Labute approximate surface area is 124 Å². The first-order valence-corrected chi connectivity index (χ1v) is 6.72. The van der Waals surface area contributed by atoms with Crippen molar-refractivity contribution in [3.8, 4) is 0 Å². The number of primary amides is 1. The zero-order valence-electron chi connectivity index (χ0n) is 9.99. The van der Waals surface area contributed by atoms with E-state index in [1.54, 1.807) is 0 Å². The summed E-state index contributed by atoms with van der Waals surface area (Å²) in [4.78, 5) is 11.1. The topological polar surface area (TPSA) is 55.1 Å².